The van der Waals surface area contributed by atoms with Crippen molar-refractivity contribution in [3.63, 3.8) is 0 Å². The van der Waals surface area contributed by atoms with Gasteiger partial charge in [0.05, 0.1) is 0 Å². The van der Waals surface area contributed by atoms with Crippen LogP contribution in [0.1, 0.15) is 24.9 Å². The fraction of sp³-hybridized carbons (Fsp3) is 0.462. The second-order valence-corrected chi connectivity index (χ2v) is 4.63. The first kappa shape index (κ1) is 12.8. The van der Waals surface area contributed by atoms with Crippen LogP contribution in [0.15, 0.2) is 18.2 Å². The lowest BCUT2D eigenvalue weighted by Gasteiger charge is -2.14. The normalized spacial score (nSPS) is 21.2. The third kappa shape index (κ3) is 2.46. The minimum atomic E-state index is -0.504. The maximum Gasteiger partial charge on any atom is 0.263 e. The van der Waals surface area contributed by atoms with Crippen molar-refractivity contribution < 1.29 is 13.9 Å². The summed E-state index contributed by atoms with van der Waals surface area (Å²) in [5.74, 6) is -0.0986. The molecular weight excluding hydrogens is 235 g/mol. The predicted octanol–water partition coefficient (Wildman–Crippen LogP) is 1.45. The van der Waals surface area contributed by atoms with E-state index in [0.29, 0.717) is 24.3 Å². The molecule has 2 atom stereocenters. The Morgan fingerprint density at radius 3 is 2.78 bits per heavy atom. The molecule has 0 saturated carbocycles. The third-order valence-electron chi connectivity index (χ3n) is 3.12. The Balaban J connectivity index is 2.11. The van der Waals surface area contributed by atoms with Crippen LogP contribution < -0.4 is 10.5 Å². The molecule has 1 amide bonds. The number of hydrogen-bond acceptors (Lipinski definition) is 3. The molecule has 2 rings (SSSR count). The second-order valence-electron chi connectivity index (χ2n) is 4.63. The number of carbonyl (C=O) groups is 1. The van der Waals surface area contributed by atoms with Gasteiger partial charge in [-0.3, -0.25) is 4.79 Å². The number of nitrogens with zero attached hydrogens (tertiary/aromatic N) is 1. The third-order valence-corrected chi connectivity index (χ3v) is 3.12. The van der Waals surface area contributed by atoms with Gasteiger partial charge in [0.1, 0.15) is 11.6 Å². The highest BCUT2D eigenvalue weighted by molar-refractivity contribution is 5.83. The Kier molecular flexibility index (Phi) is 3.52. The molecule has 4 nitrogen and oxygen atoms in total. The Bertz CT molecular complexity index is 462. The molecule has 0 bridgehead atoms. The van der Waals surface area contributed by atoms with Gasteiger partial charge in [-0.2, -0.15) is 0 Å². The SMILES string of the molecule is C[C@H](N)c1ccc(OC2CCN(C)C2=O)cc1F. The van der Waals surface area contributed by atoms with E-state index in [0.717, 1.165) is 0 Å². The van der Waals surface area contributed by atoms with Gasteiger partial charge in [-0.15, -0.1) is 0 Å². The predicted molar refractivity (Wildman–Crippen MR) is 65.7 cm³/mol. The highest BCUT2D eigenvalue weighted by Crippen LogP contribution is 2.23. The number of likely N-dealkylation sites (N-methyl/N-ethyl adjacent to an activating group) is 1. The number of ether oxygens (including phenoxy) is 1. The standard InChI is InChI=1S/C13H17FN2O2/c1-8(15)10-4-3-9(7-11(10)14)18-12-5-6-16(2)13(12)17/h3-4,7-8,12H,5-6,15H2,1-2H3/t8-,12?/m0/s1. The number of benzene rings is 1. The van der Waals surface area contributed by atoms with Gasteiger partial charge in [-0.25, -0.2) is 4.39 Å². The van der Waals surface area contributed by atoms with E-state index in [9.17, 15) is 9.18 Å². The van der Waals surface area contributed by atoms with Crippen molar-refractivity contribution >= 4 is 5.91 Å². The van der Waals surface area contributed by atoms with Gasteiger partial charge in [0.25, 0.3) is 5.91 Å². The lowest BCUT2D eigenvalue weighted by atomic mass is 10.1. The lowest BCUT2D eigenvalue weighted by Crippen LogP contribution is -2.29. The van der Waals surface area contributed by atoms with Crippen LogP contribution in [0.2, 0.25) is 0 Å². The zero-order chi connectivity index (χ0) is 13.3. The van der Waals surface area contributed by atoms with Crippen LogP contribution >= 0.6 is 0 Å². The van der Waals surface area contributed by atoms with Gasteiger partial charge < -0.3 is 15.4 Å². The average Bonchev–Trinajstić information content (AvgIpc) is 2.61. The first-order valence-electron chi connectivity index (χ1n) is 5.95. The summed E-state index contributed by atoms with van der Waals surface area (Å²) in [6.45, 7) is 2.39. The molecule has 1 saturated heterocycles. The van der Waals surface area contributed by atoms with E-state index in [1.165, 1.54) is 6.07 Å². The van der Waals surface area contributed by atoms with Crippen molar-refractivity contribution in [3.05, 3.63) is 29.6 Å². The maximum atomic E-state index is 13.7. The van der Waals surface area contributed by atoms with E-state index in [2.05, 4.69) is 0 Å². The Morgan fingerprint density at radius 2 is 2.28 bits per heavy atom. The monoisotopic (exact) mass is 252 g/mol. The number of hydrogen-bond donors (Lipinski definition) is 1. The minimum absolute atomic E-state index is 0.0633. The van der Waals surface area contributed by atoms with Crippen LogP contribution in [0, 0.1) is 5.82 Å². The summed E-state index contributed by atoms with van der Waals surface area (Å²) < 4.78 is 19.2. The average molecular weight is 252 g/mol. The molecule has 1 unspecified atom stereocenters. The van der Waals surface area contributed by atoms with Gasteiger partial charge in [0, 0.05) is 37.7 Å². The van der Waals surface area contributed by atoms with Crippen molar-refractivity contribution in [3.8, 4) is 5.75 Å². The molecule has 0 spiro atoms. The summed E-state index contributed by atoms with van der Waals surface area (Å²) in [5, 5.41) is 0. The molecule has 1 fully saturated rings. The Hall–Kier alpha value is -1.62. The van der Waals surface area contributed by atoms with E-state index >= 15 is 0 Å². The van der Waals surface area contributed by atoms with E-state index in [4.69, 9.17) is 10.5 Å². The maximum absolute atomic E-state index is 13.7. The van der Waals surface area contributed by atoms with E-state index in [-0.39, 0.29) is 11.9 Å². The zero-order valence-corrected chi connectivity index (χ0v) is 10.5. The summed E-state index contributed by atoms with van der Waals surface area (Å²) in [7, 11) is 1.73. The van der Waals surface area contributed by atoms with Crippen molar-refractivity contribution in [1.29, 1.82) is 0 Å². The number of amides is 1. The van der Waals surface area contributed by atoms with E-state index in [1.54, 1.807) is 31.0 Å². The van der Waals surface area contributed by atoms with E-state index < -0.39 is 11.9 Å². The van der Waals surface area contributed by atoms with Crippen LogP contribution in [0.5, 0.6) is 5.75 Å². The molecule has 0 aromatic heterocycles. The molecule has 2 N–H and O–H groups in total. The first-order valence-corrected chi connectivity index (χ1v) is 5.95. The molecule has 98 valence electrons. The van der Waals surface area contributed by atoms with Crippen LogP contribution in [-0.4, -0.2) is 30.5 Å². The molecule has 1 aliphatic rings. The van der Waals surface area contributed by atoms with Gasteiger partial charge in [0.15, 0.2) is 6.10 Å². The molecule has 1 aliphatic heterocycles. The van der Waals surface area contributed by atoms with Gasteiger partial charge in [-0.05, 0) is 13.0 Å². The number of rotatable bonds is 3. The van der Waals surface area contributed by atoms with Crippen LogP contribution in [-0.2, 0) is 4.79 Å². The quantitative estimate of drug-likeness (QED) is 0.886. The van der Waals surface area contributed by atoms with E-state index in [1.807, 2.05) is 0 Å². The lowest BCUT2D eigenvalue weighted by molar-refractivity contribution is -0.132. The number of nitrogens with two attached hydrogens (primary N) is 1. The highest BCUT2D eigenvalue weighted by atomic mass is 19.1. The second kappa shape index (κ2) is 4.94. The van der Waals surface area contributed by atoms with Crippen LogP contribution in [0.25, 0.3) is 0 Å². The fourth-order valence-corrected chi connectivity index (χ4v) is 2.01. The molecule has 1 aromatic carbocycles. The number of likely N-dealkylation sites (tertiary alicyclic amines) is 1. The van der Waals surface area contributed by atoms with Crippen LogP contribution in [0.4, 0.5) is 4.39 Å². The number of carbonyl (C=O) groups excluding carboxylic acids is 1. The summed E-state index contributed by atoms with van der Waals surface area (Å²) in [5.41, 5.74) is 6.07. The molecule has 1 aromatic rings. The summed E-state index contributed by atoms with van der Waals surface area (Å²) in [6, 6.07) is 4.16. The van der Waals surface area contributed by atoms with Crippen molar-refractivity contribution in [2.75, 3.05) is 13.6 Å². The summed E-state index contributed by atoms with van der Waals surface area (Å²) >= 11 is 0. The molecule has 0 radical (unpaired) electrons. The smallest absolute Gasteiger partial charge is 0.263 e. The highest BCUT2D eigenvalue weighted by Gasteiger charge is 2.30. The Labute approximate surface area is 106 Å². The largest absolute Gasteiger partial charge is 0.480 e. The topological polar surface area (TPSA) is 55.6 Å². The van der Waals surface area contributed by atoms with Crippen molar-refractivity contribution in [1.82, 2.24) is 4.90 Å². The van der Waals surface area contributed by atoms with Crippen molar-refractivity contribution in [2.45, 2.75) is 25.5 Å². The molecular formula is C13H17FN2O2. The molecule has 0 aliphatic carbocycles. The van der Waals surface area contributed by atoms with Gasteiger partial charge in [-0.1, -0.05) is 6.07 Å². The molecule has 18 heavy (non-hydrogen) atoms. The van der Waals surface area contributed by atoms with Gasteiger partial charge in [0.2, 0.25) is 0 Å². The first-order chi connectivity index (χ1) is 8.49. The Morgan fingerprint density at radius 1 is 1.56 bits per heavy atom. The molecule has 1 heterocycles. The van der Waals surface area contributed by atoms with Crippen LogP contribution in [0.3, 0.4) is 0 Å². The van der Waals surface area contributed by atoms with Crippen molar-refractivity contribution in [2.24, 2.45) is 5.73 Å². The summed E-state index contributed by atoms with van der Waals surface area (Å²) in [6.07, 6.45) is 0.127. The summed E-state index contributed by atoms with van der Waals surface area (Å²) in [4.78, 5) is 13.3. The zero-order valence-electron chi connectivity index (χ0n) is 10.5. The fourth-order valence-electron chi connectivity index (χ4n) is 2.01. The minimum Gasteiger partial charge on any atom is -0.480 e. The number of halogens is 1. The van der Waals surface area contributed by atoms with Gasteiger partial charge >= 0.3 is 0 Å². The molecule has 5 heteroatoms.